The van der Waals surface area contributed by atoms with Crippen LogP contribution in [-0.2, 0) is 0 Å². The molecule has 0 radical (unpaired) electrons. The largest absolute Gasteiger partial charge is 0.306 e. The predicted octanol–water partition coefficient (Wildman–Crippen LogP) is 5.29. The molecule has 2 aromatic rings. The minimum atomic E-state index is -0.189. The first-order chi connectivity index (χ1) is 10.0. The Morgan fingerprint density at radius 2 is 1.90 bits per heavy atom. The van der Waals surface area contributed by atoms with Crippen LogP contribution in [0.4, 0.5) is 4.39 Å². The number of halogens is 2. The van der Waals surface area contributed by atoms with Gasteiger partial charge in [-0.1, -0.05) is 42.8 Å². The number of benzene rings is 2. The molecular formula is C18H21BrFN. The summed E-state index contributed by atoms with van der Waals surface area (Å²) in [7, 11) is 0. The van der Waals surface area contributed by atoms with E-state index in [1.807, 2.05) is 12.1 Å². The Morgan fingerprint density at radius 1 is 1.14 bits per heavy atom. The van der Waals surface area contributed by atoms with Gasteiger partial charge in [0.2, 0.25) is 0 Å². The molecule has 1 N–H and O–H groups in total. The van der Waals surface area contributed by atoms with Crippen molar-refractivity contribution in [3.63, 3.8) is 0 Å². The number of aryl methyl sites for hydroxylation is 2. The van der Waals surface area contributed by atoms with Gasteiger partial charge in [0, 0.05) is 5.56 Å². The standard InChI is InChI=1S/C18H21BrFN/c1-4-10-21-18(14-9-8-12(2)11-13(14)3)15-6-5-7-16(19)17(15)20/h5-9,11,18,21H,4,10H2,1-3H3. The van der Waals surface area contributed by atoms with Crippen molar-refractivity contribution >= 4 is 15.9 Å². The van der Waals surface area contributed by atoms with E-state index >= 15 is 0 Å². The molecule has 1 atom stereocenters. The Kier molecular flexibility index (Phi) is 5.54. The molecule has 0 spiro atoms. The maximum Gasteiger partial charge on any atom is 0.142 e. The Morgan fingerprint density at radius 3 is 2.57 bits per heavy atom. The van der Waals surface area contributed by atoms with Gasteiger partial charge in [0.1, 0.15) is 5.82 Å². The summed E-state index contributed by atoms with van der Waals surface area (Å²) in [6, 6.07) is 11.7. The second-order valence-electron chi connectivity index (χ2n) is 5.39. The summed E-state index contributed by atoms with van der Waals surface area (Å²) in [6.07, 6.45) is 1.01. The summed E-state index contributed by atoms with van der Waals surface area (Å²) < 4.78 is 15.0. The smallest absolute Gasteiger partial charge is 0.142 e. The Bertz CT molecular complexity index is 625. The molecule has 0 saturated heterocycles. The second kappa shape index (κ2) is 7.19. The minimum Gasteiger partial charge on any atom is -0.306 e. The van der Waals surface area contributed by atoms with Gasteiger partial charge in [0.25, 0.3) is 0 Å². The molecule has 1 unspecified atom stereocenters. The highest BCUT2D eigenvalue weighted by atomic mass is 79.9. The van der Waals surface area contributed by atoms with Crippen LogP contribution in [0.2, 0.25) is 0 Å². The van der Waals surface area contributed by atoms with Gasteiger partial charge < -0.3 is 5.32 Å². The van der Waals surface area contributed by atoms with Gasteiger partial charge >= 0.3 is 0 Å². The van der Waals surface area contributed by atoms with Gasteiger partial charge in [-0.2, -0.15) is 0 Å². The van der Waals surface area contributed by atoms with Crippen molar-refractivity contribution in [2.45, 2.75) is 33.2 Å². The number of nitrogens with one attached hydrogen (secondary N) is 1. The van der Waals surface area contributed by atoms with Crippen molar-refractivity contribution in [2.75, 3.05) is 6.54 Å². The highest BCUT2D eigenvalue weighted by Gasteiger charge is 2.20. The van der Waals surface area contributed by atoms with Crippen molar-refractivity contribution in [2.24, 2.45) is 0 Å². The van der Waals surface area contributed by atoms with E-state index in [0.717, 1.165) is 18.5 Å². The van der Waals surface area contributed by atoms with Crippen LogP contribution in [0.3, 0.4) is 0 Å². The van der Waals surface area contributed by atoms with Gasteiger partial charge in [-0.05, 0) is 59.9 Å². The summed E-state index contributed by atoms with van der Waals surface area (Å²) in [5.74, 6) is -0.189. The molecule has 0 saturated carbocycles. The molecule has 112 valence electrons. The lowest BCUT2D eigenvalue weighted by atomic mass is 9.93. The van der Waals surface area contributed by atoms with Crippen LogP contribution in [0.25, 0.3) is 0 Å². The Balaban J connectivity index is 2.49. The maximum absolute atomic E-state index is 14.5. The number of hydrogen-bond acceptors (Lipinski definition) is 1. The average molecular weight is 350 g/mol. The molecule has 0 bridgehead atoms. The molecule has 0 aliphatic rings. The third kappa shape index (κ3) is 3.72. The molecule has 2 aromatic carbocycles. The highest BCUT2D eigenvalue weighted by molar-refractivity contribution is 9.10. The quantitative estimate of drug-likeness (QED) is 0.772. The van der Waals surface area contributed by atoms with Crippen LogP contribution in [0, 0.1) is 19.7 Å². The third-order valence-electron chi connectivity index (χ3n) is 3.63. The van der Waals surface area contributed by atoms with E-state index in [4.69, 9.17) is 0 Å². The fourth-order valence-corrected chi connectivity index (χ4v) is 2.95. The molecule has 0 amide bonds. The first-order valence-corrected chi connectivity index (χ1v) is 8.08. The highest BCUT2D eigenvalue weighted by Crippen LogP contribution is 2.30. The van der Waals surface area contributed by atoms with Gasteiger partial charge in [-0.3, -0.25) is 0 Å². The first kappa shape index (κ1) is 16.2. The number of hydrogen-bond donors (Lipinski definition) is 1. The van der Waals surface area contributed by atoms with E-state index in [2.05, 4.69) is 60.2 Å². The van der Waals surface area contributed by atoms with Gasteiger partial charge in [-0.25, -0.2) is 4.39 Å². The van der Waals surface area contributed by atoms with Crippen LogP contribution in [0.1, 0.15) is 41.6 Å². The van der Waals surface area contributed by atoms with E-state index in [-0.39, 0.29) is 11.9 Å². The van der Waals surface area contributed by atoms with Gasteiger partial charge in [-0.15, -0.1) is 0 Å². The minimum absolute atomic E-state index is 0.122. The van der Waals surface area contributed by atoms with Crippen LogP contribution < -0.4 is 5.32 Å². The van der Waals surface area contributed by atoms with Gasteiger partial charge in [0.05, 0.1) is 10.5 Å². The fourth-order valence-electron chi connectivity index (χ4n) is 2.57. The average Bonchev–Trinajstić information content (AvgIpc) is 2.45. The molecule has 3 heteroatoms. The zero-order chi connectivity index (χ0) is 15.4. The topological polar surface area (TPSA) is 12.0 Å². The maximum atomic E-state index is 14.5. The molecule has 0 heterocycles. The lowest BCUT2D eigenvalue weighted by Gasteiger charge is -2.22. The summed E-state index contributed by atoms with van der Waals surface area (Å²) >= 11 is 3.28. The van der Waals surface area contributed by atoms with E-state index < -0.39 is 0 Å². The SMILES string of the molecule is CCCNC(c1ccc(C)cc1C)c1cccc(Br)c1F. The summed E-state index contributed by atoms with van der Waals surface area (Å²) in [4.78, 5) is 0. The van der Waals surface area contributed by atoms with Crippen LogP contribution in [0.15, 0.2) is 40.9 Å². The summed E-state index contributed by atoms with van der Waals surface area (Å²) in [6.45, 7) is 7.12. The Labute approximate surface area is 134 Å². The lowest BCUT2D eigenvalue weighted by molar-refractivity contribution is 0.542. The van der Waals surface area contributed by atoms with Crippen LogP contribution in [0.5, 0.6) is 0 Å². The van der Waals surface area contributed by atoms with Crippen molar-refractivity contribution in [3.8, 4) is 0 Å². The monoisotopic (exact) mass is 349 g/mol. The molecule has 0 aliphatic carbocycles. The second-order valence-corrected chi connectivity index (χ2v) is 6.24. The zero-order valence-corrected chi connectivity index (χ0v) is 14.3. The lowest BCUT2D eigenvalue weighted by Crippen LogP contribution is -2.25. The molecule has 0 fully saturated rings. The first-order valence-electron chi connectivity index (χ1n) is 7.29. The van der Waals surface area contributed by atoms with Crippen molar-refractivity contribution in [1.82, 2.24) is 5.32 Å². The molecule has 0 aromatic heterocycles. The molecular weight excluding hydrogens is 329 g/mol. The zero-order valence-electron chi connectivity index (χ0n) is 12.7. The van der Waals surface area contributed by atoms with Crippen LogP contribution >= 0.6 is 15.9 Å². The van der Waals surface area contributed by atoms with Gasteiger partial charge in [0.15, 0.2) is 0 Å². The van der Waals surface area contributed by atoms with Crippen molar-refractivity contribution in [1.29, 1.82) is 0 Å². The summed E-state index contributed by atoms with van der Waals surface area (Å²) in [5, 5.41) is 3.47. The van der Waals surface area contributed by atoms with Crippen molar-refractivity contribution < 1.29 is 4.39 Å². The molecule has 1 nitrogen and oxygen atoms in total. The molecule has 0 aliphatic heterocycles. The van der Waals surface area contributed by atoms with E-state index in [9.17, 15) is 4.39 Å². The Hall–Kier alpha value is -1.19. The number of rotatable bonds is 5. The normalized spacial score (nSPS) is 12.4. The van der Waals surface area contributed by atoms with E-state index in [1.165, 1.54) is 11.1 Å². The van der Waals surface area contributed by atoms with E-state index in [1.54, 1.807) is 6.07 Å². The molecule has 2 rings (SSSR count). The van der Waals surface area contributed by atoms with E-state index in [0.29, 0.717) is 10.0 Å². The fraction of sp³-hybridized carbons (Fsp3) is 0.333. The summed E-state index contributed by atoms with van der Waals surface area (Å²) in [5.41, 5.74) is 4.22. The predicted molar refractivity (Wildman–Crippen MR) is 90.2 cm³/mol. The van der Waals surface area contributed by atoms with Crippen molar-refractivity contribution in [3.05, 3.63) is 68.9 Å². The third-order valence-corrected chi connectivity index (χ3v) is 4.24. The van der Waals surface area contributed by atoms with Crippen LogP contribution in [-0.4, -0.2) is 6.54 Å². The molecule has 21 heavy (non-hydrogen) atoms.